The molecule has 2 aromatic carbocycles. The average molecular weight is 414 g/mol. The Morgan fingerprint density at radius 2 is 1.83 bits per heavy atom. The van der Waals surface area contributed by atoms with Gasteiger partial charge in [-0.25, -0.2) is 4.57 Å². The average Bonchev–Trinajstić information content (AvgIpc) is 3.00. The second-order valence-corrected chi connectivity index (χ2v) is 9.26. The highest BCUT2D eigenvalue weighted by molar-refractivity contribution is 7.21. The third-order valence-corrected chi connectivity index (χ3v) is 5.85. The van der Waals surface area contributed by atoms with Gasteiger partial charge < -0.3 is 14.5 Å². The van der Waals surface area contributed by atoms with Crippen molar-refractivity contribution in [2.45, 2.75) is 19.4 Å². The summed E-state index contributed by atoms with van der Waals surface area (Å²) in [4.78, 5) is 0. The van der Waals surface area contributed by atoms with Gasteiger partial charge in [-0.3, -0.25) is 0 Å². The van der Waals surface area contributed by atoms with E-state index in [1.807, 2.05) is 37.4 Å². The Morgan fingerprint density at radius 3 is 2.45 bits per heavy atom. The Balaban J connectivity index is 1.71. The molecule has 0 spiro atoms. The van der Waals surface area contributed by atoms with E-state index in [2.05, 4.69) is 60.3 Å². The van der Waals surface area contributed by atoms with Crippen LogP contribution in [0.4, 0.5) is 16.5 Å². The highest BCUT2D eigenvalue weighted by Gasteiger charge is 2.17. The predicted molar refractivity (Wildman–Crippen MR) is 121 cm³/mol. The largest absolute Gasteiger partial charge is 0.497 e. The molecule has 154 valence electrons. The van der Waals surface area contributed by atoms with Crippen LogP contribution >= 0.6 is 11.3 Å². The van der Waals surface area contributed by atoms with E-state index in [-0.39, 0.29) is 0 Å². The molecule has 0 saturated heterocycles. The van der Waals surface area contributed by atoms with Gasteiger partial charge in [-0.15, -0.1) is 0 Å². The number of benzene rings is 2. The van der Waals surface area contributed by atoms with Crippen molar-refractivity contribution >= 4 is 38.1 Å². The van der Waals surface area contributed by atoms with Crippen molar-refractivity contribution in [3.63, 3.8) is 0 Å². The number of thiazole rings is 1. The Bertz CT molecular complexity index is 989. The van der Waals surface area contributed by atoms with Crippen molar-refractivity contribution < 1.29 is 13.8 Å². The van der Waals surface area contributed by atoms with Crippen molar-refractivity contribution in [3.8, 4) is 5.75 Å². The fourth-order valence-electron chi connectivity index (χ4n) is 3.24. The number of aryl methyl sites for hydroxylation is 1. The summed E-state index contributed by atoms with van der Waals surface area (Å²) < 4.78 is 9.43. The van der Waals surface area contributed by atoms with Crippen LogP contribution in [0.5, 0.6) is 5.75 Å². The molecule has 3 rings (SSSR count). The molecule has 0 aliphatic carbocycles. The summed E-state index contributed by atoms with van der Waals surface area (Å²) in [5, 5.41) is 13.4. The number of methoxy groups -OCH3 is 1. The normalized spacial score (nSPS) is 13.2. The molecule has 3 aromatic rings. The summed E-state index contributed by atoms with van der Waals surface area (Å²) in [6.45, 7) is 3.29. The molecule has 7 heteroatoms. The SMILES string of the molecule is CCC(C[N+](C)(C)C)Nc1ccc(N=Nc2sc3cc(OC)ccc3[n+]2C)cc1. The van der Waals surface area contributed by atoms with Crippen LogP contribution < -0.4 is 14.6 Å². The minimum absolute atomic E-state index is 0.442. The number of nitrogens with one attached hydrogen (secondary N) is 1. The van der Waals surface area contributed by atoms with E-state index >= 15 is 0 Å². The first-order valence-electron chi connectivity index (χ1n) is 9.84. The number of ether oxygens (including phenoxy) is 1. The van der Waals surface area contributed by atoms with Gasteiger partial charge in [0.2, 0.25) is 0 Å². The van der Waals surface area contributed by atoms with Gasteiger partial charge in [0, 0.05) is 11.8 Å². The fraction of sp³-hybridized carbons (Fsp3) is 0.409. The number of rotatable bonds is 8. The fourth-order valence-corrected chi connectivity index (χ4v) is 4.23. The summed E-state index contributed by atoms with van der Waals surface area (Å²) in [5.41, 5.74) is 3.07. The molecule has 0 aliphatic heterocycles. The number of hydrogen-bond donors (Lipinski definition) is 1. The maximum atomic E-state index is 5.31. The van der Waals surface area contributed by atoms with E-state index in [4.69, 9.17) is 4.74 Å². The first-order chi connectivity index (χ1) is 13.8. The van der Waals surface area contributed by atoms with E-state index in [1.54, 1.807) is 18.4 Å². The number of quaternary nitrogens is 1. The summed E-state index contributed by atoms with van der Waals surface area (Å²) in [7, 11) is 10.3. The molecule has 1 heterocycles. The maximum absolute atomic E-state index is 5.31. The van der Waals surface area contributed by atoms with Gasteiger partial charge in [0.25, 0.3) is 0 Å². The number of azo groups is 1. The van der Waals surface area contributed by atoms with Gasteiger partial charge in [-0.2, -0.15) is 0 Å². The monoisotopic (exact) mass is 413 g/mol. The molecule has 0 saturated carbocycles. The second kappa shape index (κ2) is 8.88. The van der Waals surface area contributed by atoms with Gasteiger partial charge in [0.05, 0.1) is 57.7 Å². The molecule has 1 atom stereocenters. The van der Waals surface area contributed by atoms with Crippen molar-refractivity contribution in [1.82, 2.24) is 0 Å². The molecule has 29 heavy (non-hydrogen) atoms. The molecule has 0 bridgehead atoms. The lowest BCUT2D eigenvalue weighted by Gasteiger charge is -2.29. The van der Waals surface area contributed by atoms with Crippen LogP contribution in [0.1, 0.15) is 13.3 Å². The third kappa shape index (κ3) is 5.52. The number of fused-ring (bicyclic) bond motifs is 1. The highest BCUT2D eigenvalue weighted by atomic mass is 32.1. The molecule has 0 aliphatic rings. The zero-order chi connectivity index (χ0) is 21.0. The van der Waals surface area contributed by atoms with E-state index in [9.17, 15) is 0 Å². The molecule has 1 aromatic heterocycles. The Hall–Kier alpha value is -2.51. The lowest BCUT2D eigenvalue weighted by Crippen LogP contribution is -2.44. The van der Waals surface area contributed by atoms with Gasteiger partial charge >= 0.3 is 5.13 Å². The van der Waals surface area contributed by atoms with Crippen LogP contribution in [0.25, 0.3) is 10.2 Å². The molecule has 6 nitrogen and oxygen atoms in total. The second-order valence-electron chi connectivity index (χ2n) is 8.25. The quantitative estimate of drug-likeness (QED) is 0.319. The number of hydrogen-bond acceptors (Lipinski definition) is 5. The summed E-state index contributed by atoms with van der Waals surface area (Å²) in [5.74, 6) is 0.849. The first-order valence-corrected chi connectivity index (χ1v) is 10.7. The lowest BCUT2D eigenvalue weighted by atomic mass is 10.2. The van der Waals surface area contributed by atoms with Crippen LogP contribution in [-0.2, 0) is 7.05 Å². The van der Waals surface area contributed by atoms with Gasteiger partial charge in [-0.05, 0) is 59.3 Å². The Morgan fingerprint density at radius 1 is 1.10 bits per heavy atom. The number of anilines is 1. The molecular formula is C22H31N5OS+2. The molecule has 1 N–H and O–H groups in total. The van der Waals surface area contributed by atoms with Crippen LogP contribution in [0.2, 0.25) is 0 Å². The first kappa shape index (κ1) is 21.2. The van der Waals surface area contributed by atoms with Gasteiger partial charge in [0.1, 0.15) is 17.0 Å². The number of likely N-dealkylation sites (N-methyl/N-ethyl adjacent to an activating group) is 1. The summed E-state index contributed by atoms with van der Waals surface area (Å²) >= 11 is 1.60. The molecular weight excluding hydrogens is 382 g/mol. The smallest absolute Gasteiger partial charge is 0.409 e. The van der Waals surface area contributed by atoms with E-state index in [1.165, 1.54) is 0 Å². The van der Waals surface area contributed by atoms with Gasteiger partial charge in [-0.1, -0.05) is 6.92 Å². The number of nitrogens with zero attached hydrogens (tertiary/aromatic N) is 4. The van der Waals surface area contributed by atoms with Crippen LogP contribution in [0.15, 0.2) is 52.7 Å². The Kier molecular flexibility index (Phi) is 6.49. The maximum Gasteiger partial charge on any atom is 0.409 e. The molecule has 1 unspecified atom stereocenters. The van der Waals surface area contributed by atoms with Crippen molar-refractivity contribution in [1.29, 1.82) is 0 Å². The Labute approximate surface area is 177 Å². The van der Waals surface area contributed by atoms with E-state index < -0.39 is 0 Å². The summed E-state index contributed by atoms with van der Waals surface area (Å²) in [6.07, 6.45) is 1.09. The molecule has 0 fully saturated rings. The lowest BCUT2D eigenvalue weighted by molar-refractivity contribution is -0.870. The van der Waals surface area contributed by atoms with Gasteiger partial charge in [0.15, 0.2) is 0 Å². The minimum Gasteiger partial charge on any atom is -0.497 e. The molecule has 0 amide bonds. The van der Waals surface area contributed by atoms with Crippen molar-refractivity contribution in [2.24, 2.45) is 17.3 Å². The minimum atomic E-state index is 0.442. The highest BCUT2D eigenvalue weighted by Crippen LogP contribution is 2.30. The van der Waals surface area contributed by atoms with Crippen LogP contribution in [0, 0.1) is 0 Å². The van der Waals surface area contributed by atoms with Crippen LogP contribution in [0.3, 0.4) is 0 Å². The number of aromatic nitrogens is 1. The zero-order valence-electron chi connectivity index (χ0n) is 18.1. The third-order valence-electron chi connectivity index (χ3n) is 4.77. The van der Waals surface area contributed by atoms with Crippen molar-refractivity contribution in [3.05, 3.63) is 42.5 Å². The van der Waals surface area contributed by atoms with E-state index in [0.29, 0.717) is 6.04 Å². The van der Waals surface area contributed by atoms with Crippen molar-refractivity contribution in [2.75, 3.05) is 40.1 Å². The summed E-state index contributed by atoms with van der Waals surface area (Å²) in [6, 6.07) is 14.6. The van der Waals surface area contributed by atoms with Crippen LogP contribution in [-0.4, -0.2) is 45.3 Å². The predicted octanol–water partition coefficient (Wildman–Crippen LogP) is 5.05. The molecule has 0 radical (unpaired) electrons. The van der Waals surface area contributed by atoms with E-state index in [0.717, 1.165) is 49.9 Å². The standard InChI is InChI=1S/C22H30N5OS/c1-7-16(15-27(3,4)5)23-17-8-10-18(11-9-17)24-25-22-26(2)20-13-12-19(28-6)14-21(20)29-22/h8-14,16H,7,15H2,1-6H3/q+1/p+1. The zero-order valence-corrected chi connectivity index (χ0v) is 19.0. The topological polar surface area (TPSA) is 49.9 Å².